The lowest BCUT2D eigenvalue weighted by atomic mass is 10.2. The summed E-state index contributed by atoms with van der Waals surface area (Å²) in [6.45, 7) is 0.608. The molecule has 7 nitrogen and oxygen atoms in total. The van der Waals surface area contributed by atoms with Gasteiger partial charge in [0, 0.05) is 20.1 Å². The molecule has 1 aliphatic rings. The Bertz CT molecular complexity index is 558. The number of amides is 3. The summed E-state index contributed by atoms with van der Waals surface area (Å²) in [7, 11) is 1.56. The average Bonchev–Trinajstić information content (AvgIpc) is 2.42. The minimum absolute atomic E-state index is 0.160. The fourth-order valence-corrected chi connectivity index (χ4v) is 1.90. The average molecular weight is 276 g/mol. The molecule has 3 N–H and O–H groups in total. The lowest BCUT2D eigenvalue weighted by Crippen LogP contribution is -2.54. The van der Waals surface area contributed by atoms with Gasteiger partial charge >= 0.3 is 11.8 Å². The van der Waals surface area contributed by atoms with Gasteiger partial charge in [-0.15, -0.1) is 0 Å². The Kier molecular flexibility index (Phi) is 3.88. The van der Waals surface area contributed by atoms with E-state index in [1.54, 1.807) is 31.3 Å². The van der Waals surface area contributed by atoms with Gasteiger partial charge in [0.2, 0.25) is 5.91 Å². The zero-order chi connectivity index (χ0) is 14.7. The van der Waals surface area contributed by atoms with Crippen molar-refractivity contribution in [1.82, 2.24) is 9.80 Å². The Morgan fingerprint density at radius 1 is 1.25 bits per heavy atom. The number of benzene rings is 1. The molecule has 0 saturated carbocycles. The Balaban J connectivity index is 1.97. The maximum Gasteiger partial charge on any atom is 0.312 e. The second-order valence-corrected chi connectivity index (χ2v) is 4.59. The molecule has 1 aliphatic heterocycles. The molecule has 1 aromatic rings. The number of nitrogens with zero attached hydrogens (tertiary/aromatic N) is 2. The molecule has 0 aromatic heterocycles. The first kappa shape index (κ1) is 13.9. The number of likely N-dealkylation sites (N-methyl/N-ethyl adjacent to an activating group) is 1. The van der Waals surface area contributed by atoms with Crippen LogP contribution in [-0.2, 0) is 14.4 Å². The quantitative estimate of drug-likeness (QED) is 0.575. The van der Waals surface area contributed by atoms with Gasteiger partial charge in [-0.05, 0) is 12.1 Å². The molecule has 1 heterocycles. The van der Waals surface area contributed by atoms with Crippen LogP contribution in [0.5, 0.6) is 0 Å². The SMILES string of the molecule is CN1CCN(CC(=O)Nc2ccccc2N)C(=O)C1=O. The maximum absolute atomic E-state index is 11.9. The van der Waals surface area contributed by atoms with E-state index in [9.17, 15) is 14.4 Å². The molecule has 0 aliphatic carbocycles. The third-order valence-electron chi connectivity index (χ3n) is 3.09. The van der Waals surface area contributed by atoms with E-state index in [0.717, 1.165) is 0 Å². The second-order valence-electron chi connectivity index (χ2n) is 4.59. The van der Waals surface area contributed by atoms with Crippen LogP contribution in [0.3, 0.4) is 0 Å². The van der Waals surface area contributed by atoms with Crippen molar-refractivity contribution < 1.29 is 14.4 Å². The molecule has 20 heavy (non-hydrogen) atoms. The van der Waals surface area contributed by atoms with E-state index in [1.165, 1.54) is 9.80 Å². The maximum atomic E-state index is 11.9. The zero-order valence-electron chi connectivity index (χ0n) is 11.1. The van der Waals surface area contributed by atoms with Crippen LogP contribution in [0.25, 0.3) is 0 Å². The van der Waals surface area contributed by atoms with Crippen LogP contribution in [-0.4, -0.2) is 54.2 Å². The summed E-state index contributed by atoms with van der Waals surface area (Å²) in [4.78, 5) is 37.7. The standard InChI is InChI=1S/C13H16N4O3/c1-16-6-7-17(13(20)12(16)19)8-11(18)15-10-5-3-2-4-9(10)14/h2-5H,6-8,14H2,1H3,(H,15,18). The molecular formula is C13H16N4O3. The third-order valence-corrected chi connectivity index (χ3v) is 3.09. The molecule has 2 rings (SSSR count). The van der Waals surface area contributed by atoms with Crippen molar-refractivity contribution in [2.24, 2.45) is 0 Å². The Morgan fingerprint density at radius 2 is 1.95 bits per heavy atom. The number of piperazine rings is 1. The number of nitrogen functional groups attached to an aromatic ring is 1. The summed E-state index contributed by atoms with van der Waals surface area (Å²) in [5, 5.41) is 2.62. The van der Waals surface area contributed by atoms with Gasteiger partial charge in [-0.2, -0.15) is 0 Å². The number of carbonyl (C=O) groups is 3. The number of nitrogens with two attached hydrogens (primary N) is 1. The molecule has 7 heteroatoms. The van der Waals surface area contributed by atoms with Crippen LogP contribution in [0.15, 0.2) is 24.3 Å². The number of para-hydroxylation sites is 2. The van der Waals surface area contributed by atoms with Crippen molar-refractivity contribution >= 4 is 29.1 Å². The van der Waals surface area contributed by atoms with Gasteiger partial charge in [-0.1, -0.05) is 12.1 Å². The van der Waals surface area contributed by atoms with Crippen molar-refractivity contribution in [3.63, 3.8) is 0 Å². The lowest BCUT2D eigenvalue weighted by Gasteiger charge is -2.30. The van der Waals surface area contributed by atoms with Crippen molar-refractivity contribution in [3.8, 4) is 0 Å². The Labute approximate surface area is 116 Å². The third kappa shape index (κ3) is 2.87. The summed E-state index contributed by atoms with van der Waals surface area (Å²) in [6.07, 6.45) is 0. The monoisotopic (exact) mass is 276 g/mol. The highest BCUT2D eigenvalue weighted by Gasteiger charge is 2.31. The number of hydrogen-bond donors (Lipinski definition) is 2. The van der Waals surface area contributed by atoms with E-state index in [0.29, 0.717) is 24.5 Å². The highest BCUT2D eigenvalue weighted by molar-refractivity contribution is 6.35. The molecule has 0 atom stereocenters. The van der Waals surface area contributed by atoms with Gasteiger partial charge in [0.15, 0.2) is 0 Å². The van der Waals surface area contributed by atoms with Gasteiger partial charge in [-0.25, -0.2) is 0 Å². The van der Waals surface area contributed by atoms with Crippen LogP contribution in [0.4, 0.5) is 11.4 Å². The minimum atomic E-state index is -0.657. The van der Waals surface area contributed by atoms with E-state index in [1.807, 2.05) is 0 Å². The molecule has 1 aromatic carbocycles. The van der Waals surface area contributed by atoms with Crippen LogP contribution < -0.4 is 11.1 Å². The van der Waals surface area contributed by atoms with Gasteiger partial charge in [-0.3, -0.25) is 14.4 Å². The fourth-order valence-electron chi connectivity index (χ4n) is 1.90. The number of anilines is 2. The molecule has 1 saturated heterocycles. The van der Waals surface area contributed by atoms with E-state index < -0.39 is 11.8 Å². The molecule has 0 radical (unpaired) electrons. The van der Waals surface area contributed by atoms with Gasteiger partial charge in [0.25, 0.3) is 0 Å². The van der Waals surface area contributed by atoms with Crippen LogP contribution in [0.2, 0.25) is 0 Å². The molecule has 1 fully saturated rings. The van der Waals surface area contributed by atoms with Crippen molar-refractivity contribution in [1.29, 1.82) is 0 Å². The summed E-state index contributed by atoms with van der Waals surface area (Å²) < 4.78 is 0. The second kappa shape index (κ2) is 5.60. The van der Waals surface area contributed by atoms with Crippen molar-refractivity contribution in [2.75, 3.05) is 37.7 Å². The van der Waals surface area contributed by atoms with E-state index in [-0.39, 0.29) is 12.5 Å². The molecule has 0 unspecified atom stereocenters. The fraction of sp³-hybridized carbons (Fsp3) is 0.308. The van der Waals surface area contributed by atoms with E-state index in [4.69, 9.17) is 5.73 Å². The van der Waals surface area contributed by atoms with Crippen LogP contribution in [0, 0.1) is 0 Å². The normalized spacial score (nSPS) is 15.4. The molecule has 0 spiro atoms. The largest absolute Gasteiger partial charge is 0.397 e. The molecule has 3 amide bonds. The summed E-state index contributed by atoms with van der Waals surface area (Å²) >= 11 is 0. The van der Waals surface area contributed by atoms with Gasteiger partial charge < -0.3 is 20.9 Å². The predicted molar refractivity (Wildman–Crippen MR) is 73.7 cm³/mol. The van der Waals surface area contributed by atoms with Crippen LogP contribution >= 0.6 is 0 Å². The van der Waals surface area contributed by atoms with Crippen molar-refractivity contribution in [3.05, 3.63) is 24.3 Å². The van der Waals surface area contributed by atoms with Crippen molar-refractivity contribution in [2.45, 2.75) is 0 Å². The number of nitrogens with one attached hydrogen (secondary N) is 1. The Hall–Kier alpha value is -2.57. The molecular weight excluding hydrogens is 260 g/mol. The molecule has 0 bridgehead atoms. The molecule has 106 valence electrons. The summed E-state index contributed by atoms with van der Waals surface area (Å²) in [5.74, 6) is -1.63. The number of rotatable bonds is 3. The van der Waals surface area contributed by atoms with Gasteiger partial charge in [0.05, 0.1) is 11.4 Å². The smallest absolute Gasteiger partial charge is 0.312 e. The number of carbonyl (C=O) groups excluding carboxylic acids is 3. The Morgan fingerprint density at radius 3 is 2.65 bits per heavy atom. The van der Waals surface area contributed by atoms with Crippen LogP contribution in [0.1, 0.15) is 0 Å². The topological polar surface area (TPSA) is 95.7 Å². The predicted octanol–water partition coefficient (Wildman–Crippen LogP) is -0.492. The minimum Gasteiger partial charge on any atom is -0.397 e. The zero-order valence-corrected chi connectivity index (χ0v) is 11.1. The first-order valence-electron chi connectivity index (χ1n) is 6.18. The highest BCUT2D eigenvalue weighted by Crippen LogP contribution is 2.16. The highest BCUT2D eigenvalue weighted by atomic mass is 16.2. The first-order chi connectivity index (χ1) is 9.49. The van der Waals surface area contributed by atoms with Gasteiger partial charge in [0.1, 0.15) is 6.54 Å². The first-order valence-corrected chi connectivity index (χ1v) is 6.18. The lowest BCUT2D eigenvalue weighted by molar-refractivity contribution is -0.155. The summed E-state index contributed by atoms with van der Waals surface area (Å²) in [6, 6.07) is 6.84. The van der Waals surface area contributed by atoms with E-state index in [2.05, 4.69) is 5.32 Å². The summed E-state index contributed by atoms with van der Waals surface area (Å²) in [5.41, 5.74) is 6.65. The van der Waals surface area contributed by atoms with E-state index >= 15 is 0 Å². The number of hydrogen-bond acceptors (Lipinski definition) is 4.